The minimum Gasteiger partial charge on any atom is -0.672 e. The van der Waals surface area contributed by atoms with Gasteiger partial charge in [0.1, 0.15) is 0 Å². The minimum absolute atomic E-state index is 0. The average Bonchev–Trinajstić information content (AvgIpc) is 1.25. The van der Waals surface area contributed by atoms with Gasteiger partial charge in [-0.25, -0.2) is 0 Å². The Labute approximate surface area is 162 Å². The zero-order valence-electron chi connectivity index (χ0n) is 5.78. The summed E-state index contributed by atoms with van der Waals surface area (Å²) in [6.07, 6.45) is 0. The van der Waals surface area contributed by atoms with Crippen LogP contribution in [0, 0.1) is 0 Å². The molecule has 11 heavy (non-hydrogen) atoms. The van der Waals surface area contributed by atoms with Crippen LogP contribution in [0.25, 0.3) is 0 Å². The Morgan fingerprint density at radius 2 is 0.727 bits per heavy atom. The molecule has 0 amide bonds. The van der Waals surface area contributed by atoms with Gasteiger partial charge < -0.3 is 28.1 Å². The molecule has 0 aromatic carbocycles. The fourth-order valence-corrected chi connectivity index (χ4v) is 0. The Morgan fingerprint density at radius 1 is 0.727 bits per heavy atom. The average molecular weight is 289 g/mol. The molecule has 0 aromatic heterocycles. The van der Waals surface area contributed by atoms with Crippen molar-refractivity contribution in [3.05, 3.63) is 0 Å². The molecule has 0 unspecified atom stereocenters. The molecule has 55 valence electrons. The van der Waals surface area contributed by atoms with Crippen LogP contribution in [0.3, 0.4) is 0 Å². The molecule has 0 atom stereocenters. The summed E-state index contributed by atoms with van der Waals surface area (Å²) >= 11 is 0. The van der Waals surface area contributed by atoms with Crippen molar-refractivity contribution in [3.63, 3.8) is 0 Å². The van der Waals surface area contributed by atoms with E-state index in [1.807, 2.05) is 0 Å². The summed E-state index contributed by atoms with van der Waals surface area (Å²) in [5.74, 6) is 0. The molecule has 0 spiro atoms. The van der Waals surface area contributed by atoms with Gasteiger partial charge in [0.15, 0.2) is 0 Å². The van der Waals surface area contributed by atoms with Crippen LogP contribution in [-0.2, 0) is 25.7 Å². The van der Waals surface area contributed by atoms with Gasteiger partial charge in [0.05, 0.1) is 0 Å². The van der Waals surface area contributed by atoms with Gasteiger partial charge in [-0.2, -0.15) is 0 Å². The van der Waals surface area contributed by atoms with Crippen LogP contribution in [-0.4, -0.2) is 18.3 Å². The molecular weight excluding hydrogens is 289 g/mol. The SMILES string of the molecule is O=[Si]([O-])[O-].O=[Si]([O-])[O-].[Co+2].[K+].[K+]. The Bertz CT molecular complexity index is 76.6. The molecule has 0 heterocycles. The first-order chi connectivity index (χ1) is 3.46. The first-order valence-corrected chi connectivity index (χ1v) is 3.67. The van der Waals surface area contributed by atoms with Gasteiger partial charge in [-0.15, -0.1) is 0 Å². The third-order valence-corrected chi connectivity index (χ3v) is 0. The van der Waals surface area contributed by atoms with Crippen molar-refractivity contribution in [1.29, 1.82) is 0 Å². The zero-order chi connectivity index (χ0) is 7.15. The summed E-state index contributed by atoms with van der Waals surface area (Å²) in [4.78, 5) is 34.1. The van der Waals surface area contributed by atoms with E-state index in [1.54, 1.807) is 0 Å². The Kier molecular flexibility index (Phi) is 61.4. The van der Waals surface area contributed by atoms with E-state index in [1.165, 1.54) is 0 Å². The van der Waals surface area contributed by atoms with Crippen LogP contribution in [0.1, 0.15) is 0 Å². The van der Waals surface area contributed by atoms with Gasteiger partial charge in [0, 0.05) is 18.3 Å². The summed E-state index contributed by atoms with van der Waals surface area (Å²) in [6.45, 7) is 0. The fourth-order valence-electron chi connectivity index (χ4n) is 0. The van der Waals surface area contributed by atoms with Crippen molar-refractivity contribution >= 4 is 18.3 Å². The molecule has 0 saturated carbocycles. The Morgan fingerprint density at radius 3 is 0.727 bits per heavy atom. The smallest absolute Gasteiger partial charge is 0.672 e. The zero-order valence-corrected chi connectivity index (χ0v) is 15.1. The summed E-state index contributed by atoms with van der Waals surface area (Å²) < 4.78 is 17.0. The fraction of sp³-hybridized carbons (Fsp3) is 0. The van der Waals surface area contributed by atoms with Gasteiger partial charge in [-0.1, -0.05) is 0 Å². The molecule has 11 heteroatoms. The molecule has 0 saturated heterocycles. The van der Waals surface area contributed by atoms with Gasteiger partial charge >= 0.3 is 120 Å². The van der Waals surface area contributed by atoms with E-state index in [9.17, 15) is 0 Å². The van der Waals surface area contributed by atoms with Crippen LogP contribution in [0.2, 0.25) is 0 Å². The van der Waals surface area contributed by atoms with Gasteiger partial charge in [0.25, 0.3) is 0 Å². The van der Waals surface area contributed by atoms with Gasteiger partial charge in [-0.05, 0) is 0 Å². The number of hydrogen-bond acceptors (Lipinski definition) is 6. The molecule has 0 aromatic rings. The standard InChI is InChI=1S/Co.2K.2O3Si/c;;;2*1-4(2)3/q+2;2*+1;2*-2. The third kappa shape index (κ3) is 174. The van der Waals surface area contributed by atoms with E-state index < -0.39 is 18.3 Å². The second-order valence-electron chi connectivity index (χ2n) is 0.500. The molecule has 0 aliphatic rings. The van der Waals surface area contributed by atoms with Crippen LogP contribution in [0.15, 0.2) is 0 Å². The molecule has 0 rings (SSSR count). The summed E-state index contributed by atoms with van der Waals surface area (Å²) in [5.41, 5.74) is 0. The molecule has 0 aliphatic heterocycles. The molecule has 0 aliphatic carbocycles. The molecule has 0 N–H and O–H groups in total. The number of hydrogen-bond donors (Lipinski definition) is 0. The van der Waals surface area contributed by atoms with E-state index in [4.69, 9.17) is 28.1 Å². The van der Waals surface area contributed by atoms with Gasteiger partial charge in [0.2, 0.25) is 0 Å². The maximum absolute atomic E-state index is 8.52. The van der Waals surface area contributed by atoms with Crippen LogP contribution >= 0.6 is 0 Å². The van der Waals surface area contributed by atoms with E-state index in [2.05, 4.69) is 0 Å². The van der Waals surface area contributed by atoms with Crippen LogP contribution in [0.5, 0.6) is 0 Å². The second-order valence-corrected chi connectivity index (χ2v) is 1.50. The predicted octanol–water partition coefficient (Wildman–Crippen LogP) is -11.7. The van der Waals surface area contributed by atoms with Crippen molar-refractivity contribution in [3.8, 4) is 0 Å². The van der Waals surface area contributed by atoms with E-state index in [0.717, 1.165) is 0 Å². The molecule has 0 bridgehead atoms. The normalized spacial score (nSPS) is 4.36. The predicted molar refractivity (Wildman–Crippen MR) is 12.9 cm³/mol. The first kappa shape index (κ1) is 29.2. The Balaban J connectivity index is -0.0000000171. The number of rotatable bonds is 0. The largest absolute Gasteiger partial charge is 2.00 e. The quantitative estimate of drug-likeness (QED) is 0.407. The second kappa shape index (κ2) is 23.1. The third-order valence-electron chi connectivity index (χ3n) is 0. The summed E-state index contributed by atoms with van der Waals surface area (Å²) in [6, 6.07) is 0. The summed E-state index contributed by atoms with van der Waals surface area (Å²) in [7, 11) is -7.26. The monoisotopic (exact) mass is 289 g/mol. The molecule has 6 nitrogen and oxygen atoms in total. The van der Waals surface area contributed by atoms with Crippen molar-refractivity contribution < 1.29 is 148 Å². The minimum atomic E-state index is -3.63. The first-order valence-electron chi connectivity index (χ1n) is 1.22. The summed E-state index contributed by atoms with van der Waals surface area (Å²) in [5, 5.41) is 0. The van der Waals surface area contributed by atoms with Crippen molar-refractivity contribution in [2.24, 2.45) is 0 Å². The Hall–Kier alpha value is 3.01. The van der Waals surface area contributed by atoms with Crippen molar-refractivity contribution in [1.82, 2.24) is 0 Å². The maximum Gasteiger partial charge on any atom is 2.00 e. The maximum atomic E-state index is 8.52. The van der Waals surface area contributed by atoms with Crippen LogP contribution in [0.4, 0.5) is 0 Å². The van der Waals surface area contributed by atoms with E-state index in [0.29, 0.717) is 0 Å². The molecule has 1 radical (unpaired) electrons. The van der Waals surface area contributed by atoms with Crippen molar-refractivity contribution in [2.45, 2.75) is 0 Å². The topological polar surface area (TPSA) is 126 Å². The van der Waals surface area contributed by atoms with E-state index in [-0.39, 0.29) is 120 Å². The van der Waals surface area contributed by atoms with E-state index >= 15 is 0 Å². The van der Waals surface area contributed by atoms with Gasteiger partial charge in [-0.3, -0.25) is 0 Å². The van der Waals surface area contributed by atoms with Crippen molar-refractivity contribution in [2.75, 3.05) is 0 Å². The molecular formula is CoK2O6Si2. The molecule has 0 fully saturated rings. The van der Waals surface area contributed by atoms with Crippen LogP contribution < -0.4 is 122 Å².